The third-order valence-corrected chi connectivity index (χ3v) is 18.2. The first-order chi connectivity index (χ1) is 28.4. The minimum absolute atomic E-state index is 0.0294. The van der Waals surface area contributed by atoms with Crippen LogP contribution in [-0.4, -0.2) is 158 Å². The number of aliphatic carboxylic acids is 1. The van der Waals surface area contributed by atoms with Crippen LogP contribution in [0.1, 0.15) is 106 Å². The zero-order chi connectivity index (χ0) is 44.4. The first kappa shape index (κ1) is 46.2. The van der Waals surface area contributed by atoms with E-state index in [1.165, 1.54) is 5.57 Å². The lowest BCUT2D eigenvalue weighted by Gasteiger charge is -2.71. The second-order valence-corrected chi connectivity index (χ2v) is 22.2. The van der Waals surface area contributed by atoms with Gasteiger partial charge >= 0.3 is 5.97 Å². The first-order valence-electron chi connectivity index (χ1n) is 22.6. The summed E-state index contributed by atoms with van der Waals surface area (Å²) < 4.78 is 36.1. The van der Waals surface area contributed by atoms with Crippen LogP contribution in [0.15, 0.2) is 11.6 Å². The monoisotopic (exact) mass is 868 g/mol. The van der Waals surface area contributed by atoms with Crippen molar-refractivity contribution in [3.63, 3.8) is 0 Å². The minimum atomic E-state index is -1.71. The maximum Gasteiger partial charge on any atom is 0.312 e. The molecule has 7 fully saturated rings. The van der Waals surface area contributed by atoms with Crippen LogP contribution in [0.3, 0.4) is 0 Å². The highest BCUT2D eigenvalue weighted by Crippen LogP contribution is 2.76. The smallest absolute Gasteiger partial charge is 0.312 e. The molecule has 348 valence electrons. The summed E-state index contributed by atoms with van der Waals surface area (Å²) in [6, 6.07) is 0. The second-order valence-electron chi connectivity index (χ2n) is 22.2. The van der Waals surface area contributed by atoms with E-state index >= 15 is 0 Å². The van der Waals surface area contributed by atoms with Crippen molar-refractivity contribution in [1.82, 2.24) is 0 Å². The third kappa shape index (κ3) is 7.11. The largest absolute Gasteiger partial charge is 0.481 e. The molecule has 8 rings (SSSR count). The standard InChI is InChI=1S/C45H72O16/c1-40(2)14-15-45(39(54)55)22(16-40)21-8-9-27-42(5)12-11-29(41(3,4)26(42)10-13-43(27,6)44(21,7)17-28(45)49)59-37-34(31(51)24(47)19-57-37)61-38-35(32(52)25(48)20-58-38)60-36-33(53)30(50)23(46)18-56-36/h8,22-38,46-53H,9-20H2,1-7H3,(H,54,55)/t22-,23+,24-,25-,26-,27+,28+,29-,30-,31-,32-,33+,34+,35+,36-,37-,38-,42-,43+,44+,45+/m0/s1. The maximum atomic E-state index is 13.2. The van der Waals surface area contributed by atoms with Crippen molar-refractivity contribution in [2.24, 2.45) is 50.2 Å². The van der Waals surface area contributed by atoms with Gasteiger partial charge in [0.25, 0.3) is 0 Å². The summed E-state index contributed by atoms with van der Waals surface area (Å²) in [6.45, 7) is 15.0. The van der Waals surface area contributed by atoms with Crippen molar-refractivity contribution in [2.45, 2.75) is 192 Å². The SMILES string of the molecule is CC1(C)CC[C@]2(C(=O)O)[C@H](O)C[C@]3(C)C(=CC[C@@H]4[C@@]5(C)CC[C@H](O[C@@H]6OC[C@H](O)[C@H](O)[C@H]6O[C@@H]6OC[C@H](O)[C@H](O)[C@H]6O[C@@H]6OC[C@@H](O)[C@H](O)[C@H]6O)C(C)(C)[C@@H]5CC[C@]43C)[C@@H]2C1. The molecule has 0 radical (unpaired) electrons. The van der Waals surface area contributed by atoms with Gasteiger partial charge in [-0.25, -0.2) is 0 Å². The Kier molecular flexibility index (Phi) is 12.1. The number of carbonyl (C=O) groups is 1. The maximum absolute atomic E-state index is 13.2. The van der Waals surface area contributed by atoms with E-state index in [1.54, 1.807) is 0 Å². The van der Waals surface area contributed by atoms with E-state index in [0.717, 1.165) is 38.5 Å². The lowest BCUT2D eigenvalue weighted by Crippen LogP contribution is -2.68. The molecule has 3 saturated heterocycles. The van der Waals surface area contributed by atoms with E-state index in [4.69, 9.17) is 28.4 Å². The molecule has 0 spiro atoms. The minimum Gasteiger partial charge on any atom is -0.481 e. The zero-order valence-corrected chi connectivity index (χ0v) is 36.8. The lowest BCUT2D eigenvalue weighted by molar-refractivity contribution is -0.378. The fraction of sp³-hybridized carbons (Fsp3) is 0.933. The van der Waals surface area contributed by atoms with E-state index in [2.05, 4.69) is 54.5 Å². The van der Waals surface area contributed by atoms with Gasteiger partial charge in [0, 0.05) is 0 Å². The normalized spacial score (nSPS) is 54.3. The van der Waals surface area contributed by atoms with Gasteiger partial charge in [-0.2, -0.15) is 0 Å². The molecule has 0 bridgehead atoms. The highest BCUT2D eigenvalue weighted by atomic mass is 16.8. The van der Waals surface area contributed by atoms with Gasteiger partial charge in [-0.1, -0.05) is 60.1 Å². The Hall–Kier alpha value is -1.35. The molecule has 0 amide bonds. The van der Waals surface area contributed by atoms with Crippen LogP contribution in [0.2, 0.25) is 0 Å². The number of rotatable bonds is 7. The van der Waals surface area contributed by atoms with Crippen LogP contribution < -0.4 is 0 Å². The summed E-state index contributed by atoms with van der Waals surface area (Å²) in [7, 11) is 0. The third-order valence-electron chi connectivity index (χ3n) is 18.2. The van der Waals surface area contributed by atoms with Gasteiger partial charge < -0.3 is 74.4 Å². The van der Waals surface area contributed by atoms with E-state index in [-0.39, 0.29) is 65.3 Å². The summed E-state index contributed by atoms with van der Waals surface area (Å²) in [5, 5.41) is 97.2. The number of hydrogen-bond donors (Lipinski definition) is 9. The summed E-state index contributed by atoms with van der Waals surface area (Å²) in [5.41, 5.74) is -1.10. The molecule has 0 aromatic carbocycles. The molecular weight excluding hydrogens is 796 g/mol. The quantitative estimate of drug-likeness (QED) is 0.130. The molecule has 21 atom stereocenters. The van der Waals surface area contributed by atoms with Crippen LogP contribution >= 0.6 is 0 Å². The van der Waals surface area contributed by atoms with Gasteiger partial charge in [0.15, 0.2) is 18.9 Å². The van der Waals surface area contributed by atoms with Crippen molar-refractivity contribution in [3.8, 4) is 0 Å². The van der Waals surface area contributed by atoms with Crippen LogP contribution in [0.25, 0.3) is 0 Å². The Bertz CT molecular complexity index is 1670. The van der Waals surface area contributed by atoms with E-state index in [0.29, 0.717) is 19.3 Å². The van der Waals surface area contributed by atoms with Crippen LogP contribution in [-0.2, 0) is 33.2 Å². The van der Waals surface area contributed by atoms with Gasteiger partial charge in [-0.15, -0.1) is 0 Å². The second kappa shape index (κ2) is 15.9. The highest BCUT2D eigenvalue weighted by molar-refractivity contribution is 5.77. The molecule has 4 saturated carbocycles. The predicted molar refractivity (Wildman–Crippen MR) is 214 cm³/mol. The molecule has 5 aliphatic carbocycles. The van der Waals surface area contributed by atoms with Gasteiger partial charge in [0.1, 0.15) is 60.4 Å². The molecule has 3 aliphatic heterocycles. The van der Waals surface area contributed by atoms with Gasteiger partial charge in [0.2, 0.25) is 0 Å². The Balaban J connectivity index is 1.02. The van der Waals surface area contributed by atoms with Crippen molar-refractivity contribution in [2.75, 3.05) is 19.8 Å². The Morgan fingerprint density at radius 1 is 0.639 bits per heavy atom. The predicted octanol–water partition coefficient (Wildman–Crippen LogP) is 1.59. The Morgan fingerprint density at radius 2 is 1.20 bits per heavy atom. The summed E-state index contributed by atoms with van der Waals surface area (Å²) in [4.78, 5) is 13.2. The fourth-order valence-corrected chi connectivity index (χ4v) is 14.4. The van der Waals surface area contributed by atoms with Crippen molar-refractivity contribution in [3.05, 3.63) is 11.6 Å². The number of carboxylic acid groups (broad SMARTS) is 1. The van der Waals surface area contributed by atoms with Crippen LogP contribution in [0.4, 0.5) is 0 Å². The molecule has 61 heavy (non-hydrogen) atoms. The van der Waals surface area contributed by atoms with Gasteiger partial charge in [-0.05, 0) is 103 Å². The van der Waals surface area contributed by atoms with Crippen molar-refractivity contribution >= 4 is 5.97 Å². The molecule has 3 heterocycles. The van der Waals surface area contributed by atoms with E-state index < -0.39 is 96.7 Å². The van der Waals surface area contributed by atoms with E-state index in [1.807, 2.05) is 0 Å². The fourth-order valence-electron chi connectivity index (χ4n) is 14.4. The molecular formula is C45H72O16. The van der Waals surface area contributed by atoms with Crippen molar-refractivity contribution < 1.29 is 79.2 Å². The molecule has 8 aliphatic rings. The summed E-state index contributed by atoms with van der Waals surface area (Å²) in [6.07, 6.45) is -10.1. The number of aliphatic hydroxyl groups excluding tert-OH is 8. The summed E-state index contributed by atoms with van der Waals surface area (Å²) >= 11 is 0. The number of ether oxygens (including phenoxy) is 6. The Morgan fingerprint density at radius 3 is 1.80 bits per heavy atom. The average Bonchev–Trinajstić information content (AvgIpc) is 3.18. The number of allylic oxidation sites excluding steroid dienone is 2. The van der Waals surface area contributed by atoms with Gasteiger partial charge in [-0.3, -0.25) is 4.79 Å². The van der Waals surface area contributed by atoms with Crippen LogP contribution in [0, 0.1) is 50.2 Å². The molecule has 0 aromatic rings. The van der Waals surface area contributed by atoms with Gasteiger partial charge in [0.05, 0.1) is 32.0 Å². The summed E-state index contributed by atoms with van der Waals surface area (Å²) in [5.74, 6) is -0.656. The number of carboxylic acids is 1. The lowest BCUT2D eigenvalue weighted by atomic mass is 9.33. The molecule has 0 aromatic heterocycles. The average molecular weight is 869 g/mol. The van der Waals surface area contributed by atoms with E-state index in [9.17, 15) is 50.8 Å². The Labute approximate surface area is 358 Å². The molecule has 16 heteroatoms. The molecule has 9 N–H and O–H groups in total. The number of hydrogen-bond acceptors (Lipinski definition) is 15. The van der Waals surface area contributed by atoms with Crippen LogP contribution in [0.5, 0.6) is 0 Å². The zero-order valence-electron chi connectivity index (χ0n) is 36.8. The van der Waals surface area contributed by atoms with Crippen molar-refractivity contribution in [1.29, 1.82) is 0 Å². The molecule has 16 nitrogen and oxygen atoms in total. The number of aliphatic hydroxyl groups is 8. The highest BCUT2D eigenvalue weighted by Gasteiger charge is 2.71. The first-order valence-corrected chi connectivity index (χ1v) is 22.6. The topological polar surface area (TPSA) is 255 Å². The molecule has 0 unspecified atom stereocenters. The number of fused-ring (bicyclic) bond motifs is 7.